The zero-order valence-electron chi connectivity index (χ0n) is 39.3. The van der Waals surface area contributed by atoms with E-state index in [1.165, 1.54) is 77.2 Å². The van der Waals surface area contributed by atoms with Crippen LogP contribution in [-0.4, -0.2) is 0 Å². The summed E-state index contributed by atoms with van der Waals surface area (Å²) in [5.74, 6) is 0. The molecule has 12 aromatic carbocycles. The van der Waals surface area contributed by atoms with Gasteiger partial charge in [-0.25, -0.2) is 0 Å². The molecule has 0 unspecified atom stereocenters. The van der Waals surface area contributed by atoms with Crippen LogP contribution in [0.2, 0.25) is 0 Å². The first-order valence-electron chi connectivity index (χ1n) is 25.0. The van der Waals surface area contributed by atoms with Crippen LogP contribution in [0, 0.1) is 0 Å². The standard InChI is InChI=1S/C70H45NO/c1-5-25-50(26-6-1)69(51-27-7-2-8-28-51)60-43-48(56-36-19-23-46-21-13-15-33-54(46)56)39-41-63(60)71-64-42-40-49(57-37-20-24-47-22-14-16-34-55(47)57)44-61(64)70(52-29-9-3-10-30-52,53-31-11-4-12-32-53)66-67(71)62(69)45-59-58-35-17-18-38-65(58)72-68(59)66/h1-45H. The van der Waals surface area contributed by atoms with Crippen molar-refractivity contribution in [1.82, 2.24) is 0 Å². The zero-order valence-corrected chi connectivity index (χ0v) is 39.3. The molecule has 0 radical (unpaired) electrons. The minimum Gasteiger partial charge on any atom is -0.456 e. The SMILES string of the molecule is c1ccc(C2(c3ccccc3)c3cc(-c4cccc5ccccc45)ccc3N3c4ccc(-c5cccc6ccccc56)cc4C(c4ccccc4)(c4ccccc4)c4c3c2cc2c4oc3ccccc32)cc1. The van der Waals surface area contributed by atoms with Gasteiger partial charge < -0.3 is 9.32 Å². The van der Waals surface area contributed by atoms with Crippen LogP contribution in [0.15, 0.2) is 277 Å². The highest BCUT2D eigenvalue weighted by molar-refractivity contribution is 6.13. The van der Waals surface area contributed by atoms with E-state index >= 15 is 0 Å². The van der Waals surface area contributed by atoms with Gasteiger partial charge in [-0.15, -0.1) is 0 Å². The van der Waals surface area contributed by atoms with Crippen molar-refractivity contribution < 1.29 is 4.42 Å². The predicted octanol–water partition coefficient (Wildman–Crippen LogP) is 18.1. The molecule has 0 saturated carbocycles. The third-order valence-electron chi connectivity index (χ3n) is 16.0. The largest absolute Gasteiger partial charge is 0.456 e. The molecule has 0 bridgehead atoms. The van der Waals surface area contributed by atoms with E-state index in [0.29, 0.717) is 0 Å². The van der Waals surface area contributed by atoms with Crippen LogP contribution in [-0.2, 0) is 10.8 Å². The molecule has 1 aromatic heterocycles. The van der Waals surface area contributed by atoms with Crippen molar-refractivity contribution in [2.24, 2.45) is 0 Å². The van der Waals surface area contributed by atoms with Gasteiger partial charge in [0.05, 0.1) is 27.9 Å². The summed E-state index contributed by atoms with van der Waals surface area (Å²) in [4.78, 5) is 2.61. The van der Waals surface area contributed by atoms with Gasteiger partial charge in [0.1, 0.15) is 11.2 Å². The minimum atomic E-state index is -0.869. The molecule has 13 aromatic rings. The molecule has 0 spiro atoms. The molecule has 2 heteroatoms. The Morgan fingerprint density at radius 2 is 0.722 bits per heavy atom. The molecular formula is C70H45NO. The normalized spacial score (nSPS) is 14.0. The van der Waals surface area contributed by atoms with Crippen LogP contribution >= 0.6 is 0 Å². The Kier molecular flexibility index (Phi) is 8.82. The highest BCUT2D eigenvalue weighted by atomic mass is 16.3. The number of fused-ring (bicyclic) bond motifs is 10. The Hall–Kier alpha value is -9.24. The summed E-state index contributed by atoms with van der Waals surface area (Å²) in [6.45, 7) is 0. The number of rotatable bonds is 6. The number of furan rings is 1. The summed E-state index contributed by atoms with van der Waals surface area (Å²) in [6.07, 6.45) is 0. The lowest BCUT2D eigenvalue weighted by atomic mass is 9.56. The van der Waals surface area contributed by atoms with E-state index in [-0.39, 0.29) is 0 Å². The monoisotopic (exact) mass is 915 g/mol. The van der Waals surface area contributed by atoms with Crippen molar-refractivity contribution >= 4 is 60.5 Å². The molecule has 2 aliphatic rings. The van der Waals surface area contributed by atoms with E-state index in [2.05, 4.69) is 278 Å². The van der Waals surface area contributed by atoms with Crippen LogP contribution < -0.4 is 4.90 Å². The first-order valence-corrected chi connectivity index (χ1v) is 25.0. The number of hydrogen-bond acceptors (Lipinski definition) is 2. The van der Waals surface area contributed by atoms with E-state index in [4.69, 9.17) is 4.42 Å². The van der Waals surface area contributed by atoms with Gasteiger partial charge in [-0.3, -0.25) is 0 Å². The fourth-order valence-corrected chi connectivity index (χ4v) is 13.0. The molecule has 0 N–H and O–H groups in total. The van der Waals surface area contributed by atoms with Crippen LogP contribution in [0.25, 0.3) is 65.7 Å². The lowest BCUT2D eigenvalue weighted by Gasteiger charge is -2.53. The molecule has 72 heavy (non-hydrogen) atoms. The van der Waals surface area contributed by atoms with Gasteiger partial charge in [-0.05, 0) is 119 Å². The Bertz CT molecular complexity index is 4170. The first-order chi connectivity index (χ1) is 35.7. The molecule has 2 nitrogen and oxygen atoms in total. The Labute approximate surface area is 418 Å². The number of hydrogen-bond donors (Lipinski definition) is 0. The fraction of sp³-hybridized carbons (Fsp3) is 0.0286. The van der Waals surface area contributed by atoms with Crippen molar-refractivity contribution in [3.63, 3.8) is 0 Å². The van der Waals surface area contributed by atoms with Gasteiger partial charge in [-0.2, -0.15) is 0 Å². The van der Waals surface area contributed by atoms with E-state index < -0.39 is 10.8 Å². The summed E-state index contributed by atoms with van der Waals surface area (Å²) in [7, 11) is 0. The zero-order chi connectivity index (χ0) is 47.4. The number of para-hydroxylation sites is 1. The topological polar surface area (TPSA) is 16.4 Å². The maximum Gasteiger partial charge on any atom is 0.142 e. The molecule has 2 aliphatic heterocycles. The van der Waals surface area contributed by atoms with Crippen molar-refractivity contribution in [2.45, 2.75) is 10.8 Å². The van der Waals surface area contributed by atoms with Crippen LogP contribution in [0.5, 0.6) is 0 Å². The van der Waals surface area contributed by atoms with E-state index in [0.717, 1.165) is 50.1 Å². The third kappa shape index (κ3) is 5.55. The average Bonchev–Trinajstić information content (AvgIpc) is 3.85. The number of anilines is 3. The second-order valence-corrected chi connectivity index (χ2v) is 19.4. The van der Waals surface area contributed by atoms with Gasteiger partial charge in [0.2, 0.25) is 0 Å². The van der Waals surface area contributed by atoms with Gasteiger partial charge in [0.15, 0.2) is 0 Å². The minimum absolute atomic E-state index is 0.800. The van der Waals surface area contributed by atoms with Crippen LogP contribution in [0.1, 0.15) is 44.5 Å². The van der Waals surface area contributed by atoms with E-state index in [1.54, 1.807) is 0 Å². The third-order valence-corrected chi connectivity index (χ3v) is 16.0. The highest BCUT2D eigenvalue weighted by Gasteiger charge is 2.56. The smallest absolute Gasteiger partial charge is 0.142 e. The Morgan fingerprint density at radius 1 is 0.306 bits per heavy atom. The molecule has 0 fully saturated rings. The molecule has 15 rings (SSSR count). The summed E-state index contributed by atoms with van der Waals surface area (Å²) < 4.78 is 7.47. The molecule has 0 amide bonds. The van der Waals surface area contributed by atoms with Crippen molar-refractivity contribution in [1.29, 1.82) is 0 Å². The van der Waals surface area contributed by atoms with E-state index in [1.807, 2.05) is 0 Å². The number of nitrogens with zero attached hydrogens (tertiary/aromatic N) is 1. The van der Waals surface area contributed by atoms with Crippen molar-refractivity contribution in [3.8, 4) is 22.3 Å². The maximum atomic E-state index is 7.47. The second kappa shape index (κ2) is 15.6. The average molecular weight is 916 g/mol. The van der Waals surface area contributed by atoms with E-state index in [9.17, 15) is 0 Å². The lowest BCUT2D eigenvalue weighted by Crippen LogP contribution is -2.44. The van der Waals surface area contributed by atoms with Crippen molar-refractivity contribution in [2.75, 3.05) is 4.90 Å². The molecule has 336 valence electrons. The van der Waals surface area contributed by atoms with Crippen LogP contribution in [0.4, 0.5) is 17.1 Å². The lowest BCUT2D eigenvalue weighted by molar-refractivity contribution is 0.636. The Morgan fingerprint density at radius 3 is 1.24 bits per heavy atom. The molecule has 3 heterocycles. The summed E-state index contributed by atoms with van der Waals surface area (Å²) in [5, 5.41) is 7.08. The van der Waals surface area contributed by atoms with Crippen molar-refractivity contribution in [3.05, 3.63) is 317 Å². The molecular weight excluding hydrogens is 871 g/mol. The molecule has 0 atom stereocenters. The van der Waals surface area contributed by atoms with Crippen LogP contribution in [0.3, 0.4) is 0 Å². The van der Waals surface area contributed by atoms with Gasteiger partial charge in [0.25, 0.3) is 0 Å². The number of benzene rings is 12. The fourth-order valence-electron chi connectivity index (χ4n) is 13.0. The Balaban J connectivity index is 1.19. The first kappa shape index (κ1) is 40.6. The second-order valence-electron chi connectivity index (χ2n) is 19.4. The summed E-state index contributed by atoms with van der Waals surface area (Å²) >= 11 is 0. The maximum absolute atomic E-state index is 7.47. The molecule has 0 saturated heterocycles. The summed E-state index contributed by atoms with van der Waals surface area (Å²) in [5.41, 5.74) is 17.7. The van der Waals surface area contributed by atoms with Gasteiger partial charge in [0, 0.05) is 16.3 Å². The quantitative estimate of drug-likeness (QED) is 0.165. The van der Waals surface area contributed by atoms with Gasteiger partial charge in [-0.1, -0.05) is 237 Å². The predicted molar refractivity (Wildman–Crippen MR) is 298 cm³/mol. The summed E-state index contributed by atoms with van der Waals surface area (Å²) in [6, 6.07) is 101. The van der Waals surface area contributed by atoms with Gasteiger partial charge >= 0.3 is 0 Å². The molecule has 0 aliphatic carbocycles. The highest BCUT2D eigenvalue weighted by Crippen LogP contribution is 2.68.